The molecule has 0 aliphatic rings. The second-order valence-corrected chi connectivity index (χ2v) is 3.65. The van der Waals surface area contributed by atoms with Crippen LogP contribution in [-0.4, -0.2) is 24.5 Å². The highest BCUT2D eigenvalue weighted by Gasteiger charge is 2.09. The topological polar surface area (TPSA) is 81.4 Å². The van der Waals surface area contributed by atoms with Gasteiger partial charge in [0.15, 0.2) is 0 Å². The second-order valence-electron chi connectivity index (χ2n) is 3.65. The molecule has 92 valence electrons. The monoisotopic (exact) mass is 236 g/mol. The zero-order valence-electron chi connectivity index (χ0n) is 9.68. The zero-order valence-corrected chi connectivity index (χ0v) is 9.68. The molecule has 5 heteroatoms. The van der Waals surface area contributed by atoms with E-state index < -0.39 is 12.0 Å². The lowest BCUT2D eigenvalue weighted by Gasteiger charge is -2.08. The Labute approximate surface area is 99.9 Å². The lowest BCUT2D eigenvalue weighted by atomic mass is 10.2. The van der Waals surface area contributed by atoms with Crippen LogP contribution in [0.1, 0.15) is 12.5 Å². The summed E-state index contributed by atoms with van der Waals surface area (Å²) < 4.78 is 4.96. The van der Waals surface area contributed by atoms with Gasteiger partial charge in [0.05, 0.1) is 6.04 Å². The van der Waals surface area contributed by atoms with Gasteiger partial charge in [0, 0.05) is 0 Å². The number of ether oxygens (including phenoxy) is 1. The van der Waals surface area contributed by atoms with Crippen LogP contribution in [0.15, 0.2) is 30.3 Å². The maximum absolute atomic E-state index is 11.3. The highest BCUT2D eigenvalue weighted by Crippen LogP contribution is 2.00. The Balaban J connectivity index is 2.24. The highest BCUT2D eigenvalue weighted by atomic mass is 16.5. The van der Waals surface area contributed by atoms with Crippen molar-refractivity contribution in [1.29, 1.82) is 0 Å². The molecule has 0 unspecified atom stereocenters. The molecule has 0 bridgehead atoms. The summed E-state index contributed by atoms with van der Waals surface area (Å²) in [6, 6.07) is 8.69. The van der Waals surface area contributed by atoms with Crippen molar-refractivity contribution >= 4 is 11.9 Å². The standard InChI is InChI=1S/C12H16N2O3/c1-9(13)12(16)14-7-11(15)17-8-10-5-3-2-4-6-10/h2-6,9H,7-8,13H2,1H3,(H,14,16)/t9-/m0/s1. The van der Waals surface area contributed by atoms with Gasteiger partial charge in [-0.05, 0) is 12.5 Å². The Morgan fingerprint density at radius 3 is 2.59 bits per heavy atom. The summed E-state index contributed by atoms with van der Waals surface area (Å²) in [6.07, 6.45) is 0. The molecule has 1 rings (SSSR count). The molecule has 0 fully saturated rings. The minimum Gasteiger partial charge on any atom is -0.460 e. The highest BCUT2D eigenvalue weighted by molar-refractivity contribution is 5.85. The van der Waals surface area contributed by atoms with Crippen LogP contribution in [0.4, 0.5) is 0 Å². The number of carbonyl (C=O) groups is 2. The first-order valence-electron chi connectivity index (χ1n) is 5.32. The van der Waals surface area contributed by atoms with Gasteiger partial charge >= 0.3 is 5.97 Å². The van der Waals surface area contributed by atoms with Crippen molar-refractivity contribution in [3.05, 3.63) is 35.9 Å². The third-order valence-electron chi connectivity index (χ3n) is 2.06. The van der Waals surface area contributed by atoms with Crippen molar-refractivity contribution in [1.82, 2.24) is 5.32 Å². The van der Waals surface area contributed by atoms with Gasteiger partial charge in [0.1, 0.15) is 13.2 Å². The van der Waals surface area contributed by atoms with E-state index in [9.17, 15) is 9.59 Å². The van der Waals surface area contributed by atoms with Gasteiger partial charge in [-0.2, -0.15) is 0 Å². The number of carbonyl (C=O) groups excluding carboxylic acids is 2. The van der Waals surface area contributed by atoms with E-state index in [1.807, 2.05) is 30.3 Å². The Bertz CT molecular complexity index is 377. The van der Waals surface area contributed by atoms with Gasteiger partial charge in [-0.1, -0.05) is 30.3 Å². The van der Waals surface area contributed by atoms with E-state index in [0.717, 1.165) is 5.56 Å². The molecule has 1 atom stereocenters. The molecule has 0 heterocycles. The summed E-state index contributed by atoms with van der Waals surface area (Å²) in [4.78, 5) is 22.3. The maximum Gasteiger partial charge on any atom is 0.325 e. The minimum absolute atomic E-state index is 0.160. The van der Waals surface area contributed by atoms with Crippen molar-refractivity contribution in [2.45, 2.75) is 19.6 Å². The first-order chi connectivity index (χ1) is 8.09. The smallest absolute Gasteiger partial charge is 0.325 e. The number of rotatable bonds is 5. The van der Waals surface area contributed by atoms with E-state index >= 15 is 0 Å². The van der Waals surface area contributed by atoms with Crippen LogP contribution in [-0.2, 0) is 20.9 Å². The molecule has 0 aliphatic carbocycles. The maximum atomic E-state index is 11.3. The predicted molar refractivity (Wildman–Crippen MR) is 62.9 cm³/mol. The summed E-state index contributed by atoms with van der Waals surface area (Å²) in [6.45, 7) is 1.59. The van der Waals surface area contributed by atoms with Gasteiger partial charge in [-0.15, -0.1) is 0 Å². The van der Waals surface area contributed by atoms with Gasteiger partial charge in [-0.3, -0.25) is 9.59 Å². The van der Waals surface area contributed by atoms with Gasteiger partial charge < -0.3 is 15.8 Å². The molecule has 5 nitrogen and oxygen atoms in total. The van der Waals surface area contributed by atoms with Crippen molar-refractivity contribution in [3.63, 3.8) is 0 Å². The summed E-state index contributed by atoms with van der Waals surface area (Å²) in [5.74, 6) is -0.857. The number of hydrogen-bond donors (Lipinski definition) is 2. The minimum atomic E-state index is -0.628. The summed E-state index contributed by atoms with van der Waals surface area (Å²) in [7, 11) is 0. The fraction of sp³-hybridized carbons (Fsp3) is 0.333. The number of hydrogen-bond acceptors (Lipinski definition) is 4. The van der Waals surface area contributed by atoms with Gasteiger partial charge in [0.2, 0.25) is 5.91 Å². The van der Waals surface area contributed by atoms with Crippen molar-refractivity contribution < 1.29 is 14.3 Å². The lowest BCUT2D eigenvalue weighted by Crippen LogP contribution is -2.41. The molecule has 0 radical (unpaired) electrons. The van der Waals surface area contributed by atoms with Crippen molar-refractivity contribution in [2.75, 3.05) is 6.54 Å². The lowest BCUT2D eigenvalue weighted by molar-refractivity contribution is -0.145. The Kier molecular flexibility index (Phi) is 5.16. The normalized spacial score (nSPS) is 11.6. The largest absolute Gasteiger partial charge is 0.460 e. The Morgan fingerprint density at radius 1 is 1.35 bits per heavy atom. The molecule has 1 aromatic rings. The fourth-order valence-electron chi connectivity index (χ4n) is 1.11. The number of nitrogens with one attached hydrogen (secondary N) is 1. The third-order valence-corrected chi connectivity index (χ3v) is 2.06. The van der Waals surface area contributed by atoms with Gasteiger partial charge in [0.25, 0.3) is 0 Å². The Morgan fingerprint density at radius 2 is 2.00 bits per heavy atom. The molecular formula is C12H16N2O3. The van der Waals surface area contributed by atoms with Crippen LogP contribution in [0, 0.1) is 0 Å². The summed E-state index contributed by atoms with van der Waals surface area (Å²) >= 11 is 0. The molecule has 0 saturated heterocycles. The van der Waals surface area contributed by atoms with E-state index in [4.69, 9.17) is 10.5 Å². The van der Waals surface area contributed by atoms with Crippen LogP contribution in [0.2, 0.25) is 0 Å². The molecule has 0 aromatic heterocycles. The average Bonchev–Trinajstić information content (AvgIpc) is 2.34. The van der Waals surface area contributed by atoms with E-state index in [1.54, 1.807) is 6.92 Å². The van der Waals surface area contributed by atoms with Crippen LogP contribution in [0.3, 0.4) is 0 Å². The molecule has 1 amide bonds. The Hall–Kier alpha value is -1.88. The van der Waals surface area contributed by atoms with E-state index in [-0.39, 0.29) is 19.1 Å². The van der Waals surface area contributed by atoms with Crippen molar-refractivity contribution in [2.24, 2.45) is 5.73 Å². The predicted octanol–water partition coefficient (Wildman–Crippen LogP) is 0.193. The zero-order chi connectivity index (χ0) is 12.7. The number of amides is 1. The summed E-state index contributed by atoms with van der Waals surface area (Å²) in [5.41, 5.74) is 6.23. The number of benzene rings is 1. The third kappa shape index (κ3) is 5.12. The second kappa shape index (κ2) is 6.65. The van der Waals surface area contributed by atoms with Crippen LogP contribution < -0.4 is 11.1 Å². The molecular weight excluding hydrogens is 220 g/mol. The molecule has 3 N–H and O–H groups in total. The molecule has 0 saturated carbocycles. The van der Waals surface area contributed by atoms with Crippen molar-refractivity contribution in [3.8, 4) is 0 Å². The van der Waals surface area contributed by atoms with Crippen LogP contribution in [0.25, 0.3) is 0 Å². The SMILES string of the molecule is C[C@H](N)C(=O)NCC(=O)OCc1ccccc1. The molecule has 17 heavy (non-hydrogen) atoms. The fourth-order valence-corrected chi connectivity index (χ4v) is 1.11. The molecule has 1 aromatic carbocycles. The number of nitrogens with two attached hydrogens (primary N) is 1. The van der Waals surface area contributed by atoms with E-state index in [1.165, 1.54) is 0 Å². The first-order valence-corrected chi connectivity index (χ1v) is 5.32. The van der Waals surface area contributed by atoms with Crippen LogP contribution >= 0.6 is 0 Å². The van der Waals surface area contributed by atoms with E-state index in [2.05, 4.69) is 5.32 Å². The summed E-state index contributed by atoms with van der Waals surface area (Å²) in [5, 5.41) is 2.38. The average molecular weight is 236 g/mol. The van der Waals surface area contributed by atoms with Gasteiger partial charge in [-0.25, -0.2) is 0 Å². The molecule has 0 aliphatic heterocycles. The quantitative estimate of drug-likeness (QED) is 0.715. The van der Waals surface area contributed by atoms with E-state index in [0.29, 0.717) is 0 Å². The molecule has 0 spiro atoms. The number of esters is 1. The first kappa shape index (κ1) is 13.2. The van der Waals surface area contributed by atoms with Crippen LogP contribution in [0.5, 0.6) is 0 Å².